The van der Waals surface area contributed by atoms with Crippen molar-refractivity contribution in [3.05, 3.63) is 65.7 Å². The van der Waals surface area contributed by atoms with Gasteiger partial charge >= 0.3 is 6.03 Å². The van der Waals surface area contributed by atoms with Crippen LogP contribution in [-0.2, 0) is 11.2 Å². The van der Waals surface area contributed by atoms with Gasteiger partial charge in [-0.05, 0) is 30.5 Å². The Kier molecular flexibility index (Phi) is 5.46. The van der Waals surface area contributed by atoms with Gasteiger partial charge in [0.1, 0.15) is 17.7 Å². The molecule has 1 atom stereocenters. The quantitative estimate of drug-likeness (QED) is 0.742. The zero-order chi connectivity index (χ0) is 18.5. The number of urea groups is 1. The second-order valence-corrected chi connectivity index (χ2v) is 6.25. The summed E-state index contributed by atoms with van der Waals surface area (Å²) in [6.07, 6.45) is 2.16. The molecule has 1 aliphatic carbocycles. The summed E-state index contributed by atoms with van der Waals surface area (Å²) in [4.78, 5) is 24.6. The third-order valence-electron chi connectivity index (χ3n) is 4.01. The van der Waals surface area contributed by atoms with Crippen LogP contribution in [0.4, 0.5) is 19.3 Å². The van der Waals surface area contributed by atoms with Gasteiger partial charge in [0.25, 0.3) is 0 Å². The number of anilines is 1. The van der Waals surface area contributed by atoms with Gasteiger partial charge in [0.15, 0.2) is 0 Å². The predicted octanol–water partition coefficient (Wildman–Crippen LogP) is 2.98. The number of carbonyl (C=O) groups is 2. The van der Waals surface area contributed by atoms with E-state index in [1.54, 1.807) is 0 Å². The van der Waals surface area contributed by atoms with Crippen molar-refractivity contribution < 1.29 is 18.4 Å². The third-order valence-corrected chi connectivity index (χ3v) is 4.01. The molecular formula is C19H19F2N3O2. The number of hydrogen-bond donors (Lipinski definition) is 3. The molecule has 3 rings (SSSR count). The second kappa shape index (κ2) is 7.95. The largest absolute Gasteiger partial charge is 0.352 e. The first-order valence-electron chi connectivity index (χ1n) is 8.38. The van der Waals surface area contributed by atoms with Crippen molar-refractivity contribution in [2.24, 2.45) is 0 Å². The summed E-state index contributed by atoms with van der Waals surface area (Å²) < 4.78 is 26.6. The molecule has 0 aliphatic heterocycles. The van der Waals surface area contributed by atoms with Crippen LogP contribution in [0, 0.1) is 11.6 Å². The maximum absolute atomic E-state index is 13.7. The van der Waals surface area contributed by atoms with Crippen LogP contribution < -0.4 is 16.0 Å². The van der Waals surface area contributed by atoms with E-state index >= 15 is 0 Å². The molecule has 0 aromatic heterocycles. The van der Waals surface area contributed by atoms with Crippen LogP contribution >= 0.6 is 0 Å². The molecule has 26 heavy (non-hydrogen) atoms. The fraction of sp³-hybridized carbons (Fsp3) is 0.263. The van der Waals surface area contributed by atoms with Crippen LogP contribution in [0.15, 0.2) is 48.5 Å². The number of nitrogens with one attached hydrogen (secondary N) is 3. The minimum atomic E-state index is -0.887. The van der Waals surface area contributed by atoms with Crippen molar-refractivity contribution in [2.45, 2.75) is 31.3 Å². The van der Waals surface area contributed by atoms with Gasteiger partial charge in [-0.15, -0.1) is 0 Å². The highest BCUT2D eigenvalue weighted by Crippen LogP contribution is 2.19. The number of amides is 3. The molecule has 2 aromatic carbocycles. The Morgan fingerprint density at radius 3 is 2.46 bits per heavy atom. The van der Waals surface area contributed by atoms with Gasteiger partial charge in [-0.25, -0.2) is 13.6 Å². The van der Waals surface area contributed by atoms with E-state index in [1.165, 1.54) is 0 Å². The lowest BCUT2D eigenvalue weighted by Crippen LogP contribution is -2.49. The number of halogens is 2. The normalized spacial score (nSPS) is 14.4. The Hall–Kier alpha value is -2.96. The Morgan fingerprint density at radius 2 is 1.81 bits per heavy atom. The number of hydrogen-bond acceptors (Lipinski definition) is 2. The van der Waals surface area contributed by atoms with Crippen LogP contribution in [0.25, 0.3) is 0 Å². The van der Waals surface area contributed by atoms with Gasteiger partial charge < -0.3 is 16.0 Å². The van der Waals surface area contributed by atoms with Gasteiger partial charge in [0.2, 0.25) is 5.91 Å². The molecule has 3 N–H and O–H groups in total. The van der Waals surface area contributed by atoms with Crippen molar-refractivity contribution in [2.75, 3.05) is 5.32 Å². The number of rotatable bonds is 6. The zero-order valence-corrected chi connectivity index (χ0v) is 14.0. The first-order chi connectivity index (χ1) is 12.5. The molecule has 5 nitrogen and oxygen atoms in total. The number of carbonyl (C=O) groups excluding carboxylic acids is 2. The molecule has 0 unspecified atom stereocenters. The fourth-order valence-corrected chi connectivity index (χ4v) is 2.50. The summed E-state index contributed by atoms with van der Waals surface area (Å²) in [5, 5.41) is 7.73. The number of benzene rings is 2. The smallest absolute Gasteiger partial charge is 0.319 e. The zero-order valence-electron chi connectivity index (χ0n) is 14.0. The van der Waals surface area contributed by atoms with Gasteiger partial charge in [-0.2, -0.15) is 0 Å². The van der Waals surface area contributed by atoms with E-state index in [4.69, 9.17) is 0 Å². The Balaban J connectivity index is 1.67. The standard InChI is InChI=1S/C19H19F2N3O2/c20-13-6-9-16(15(21)11-13)23-19(26)24-17(18(25)22-14-7-8-14)10-12-4-2-1-3-5-12/h1-6,9,11,14,17H,7-8,10H2,(H,22,25)(H2,23,24,26)/t17-/m1/s1. The maximum Gasteiger partial charge on any atom is 0.319 e. The predicted molar refractivity (Wildman–Crippen MR) is 93.6 cm³/mol. The molecular weight excluding hydrogens is 340 g/mol. The first kappa shape index (κ1) is 17.8. The molecule has 1 aliphatic rings. The highest BCUT2D eigenvalue weighted by Gasteiger charge is 2.28. The lowest BCUT2D eigenvalue weighted by molar-refractivity contribution is -0.123. The summed E-state index contributed by atoms with van der Waals surface area (Å²) in [7, 11) is 0. The van der Waals surface area contributed by atoms with Crippen molar-refractivity contribution in [3.8, 4) is 0 Å². The average Bonchev–Trinajstić information content (AvgIpc) is 3.42. The topological polar surface area (TPSA) is 70.2 Å². The molecule has 0 heterocycles. The van der Waals surface area contributed by atoms with Gasteiger partial charge in [-0.1, -0.05) is 30.3 Å². The van der Waals surface area contributed by atoms with Crippen LogP contribution in [0.2, 0.25) is 0 Å². The highest BCUT2D eigenvalue weighted by atomic mass is 19.1. The van der Waals surface area contributed by atoms with Crippen LogP contribution in [-0.4, -0.2) is 24.0 Å². The first-order valence-corrected chi connectivity index (χ1v) is 8.38. The van der Waals surface area contributed by atoms with E-state index in [9.17, 15) is 18.4 Å². The van der Waals surface area contributed by atoms with E-state index < -0.39 is 23.7 Å². The summed E-state index contributed by atoms with van der Waals surface area (Å²) in [6.45, 7) is 0. The third kappa shape index (κ3) is 5.02. The Bertz CT molecular complexity index is 795. The Labute approximate surface area is 149 Å². The fourth-order valence-electron chi connectivity index (χ4n) is 2.50. The lowest BCUT2D eigenvalue weighted by atomic mass is 10.1. The summed E-state index contributed by atoms with van der Waals surface area (Å²) in [5.74, 6) is -1.91. The molecule has 0 saturated heterocycles. The van der Waals surface area contributed by atoms with E-state index in [1.807, 2.05) is 30.3 Å². The molecule has 1 saturated carbocycles. The van der Waals surface area contributed by atoms with Crippen LogP contribution in [0.3, 0.4) is 0 Å². The second-order valence-electron chi connectivity index (χ2n) is 6.25. The molecule has 0 spiro atoms. The van der Waals surface area contributed by atoms with Gasteiger partial charge in [-0.3, -0.25) is 4.79 Å². The van der Waals surface area contributed by atoms with Gasteiger partial charge in [0.05, 0.1) is 5.69 Å². The SMILES string of the molecule is O=C(Nc1ccc(F)cc1F)N[C@H](Cc1ccccc1)C(=O)NC1CC1. The molecule has 1 fully saturated rings. The lowest BCUT2D eigenvalue weighted by Gasteiger charge is -2.19. The molecule has 7 heteroatoms. The highest BCUT2D eigenvalue weighted by molar-refractivity contribution is 5.94. The van der Waals surface area contributed by atoms with Crippen molar-refractivity contribution in [1.82, 2.24) is 10.6 Å². The molecule has 2 aromatic rings. The van der Waals surface area contributed by atoms with Crippen LogP contribution in [0.5, 0.6) is 0 Å². The van der Waals surface area contributed by atoms with Gasteiger partial charge in [0, 0.05) is 18.5 Å². The average molecular weight is 359 g/mol. The van der Waals surface area contributed by atoms with E-state index in [0.717, 1.165) is 30.5 Å². The summed E-state index contributed by atoms with van der Waals surface area (Å²) >= 11 is 0. The minimum Gasteiger partial charge on any atom is -0.352 e. The molecule has 136 valence electrons. The van der Waals surface area contributed by atoms with Crippen LogP contribution in [0.1, 0.15) is 18.4 Å². The maximum atomic E-state index is 13.7. The van der Waals surface area contributed by atoms with E-state index in [-0.39, 0.29) is 17.6 Å². The van der Waals surface area contributed by atoms with Crippen molar-refractivity contribution >= 4 is 17.6 Å². The molecule has 3 amide bonds. The minimum absolute atomic E-state index is 0.153. The summed E-state index contributed by atoms with van der Waals surface area (Å²) in [6, 6.07) is 10.7. The monoisotopic (exact) mass is 359 g/mol. The van der Waals surface area contributed by atoms with E-state index in [0.29, 0.717) is 12.5 Å². The van der Waals surface area contributed by atoms with Crippen molar-refractivity contribution in [1.29, 1.82) is 0 Å². The Morgan fingerprint density at radius 1 is 1.08 bits per heavy atom. The molecule has 0 radical (unpaired) electrons. The molecule has 0 bridgehead atoms. The van der Waals surface area contributed by atoms with E-state index in [2.05, 4.69) is 16.0 Å². The summed E-state index contributed by atoms with van der Waals surface area (Å²) in [5.41, 5.74) is 0.724. The van der Waals surface area contributed by atoms with Crippen molar-refractivity contribution in [3.63, 3.8) is 0 Å².